The summed E-state index contributed by atoms with van der Waals surface area (Å²) < 4.78 is 10.4. The monoisotopic (exact) mass is 804 g/mol. The third kappa shape index (κ3) is 5.09. The van der Waals surface area contributed by atoms with Crippen molar-refractivity contribution in [1.82, 2.24) is 4.57 Å². The summed E-state index contributed by atoms with van der Waals surface area (Å²) >= 11 is 5.63. The number of hydrogen-bond acceptors (Lipinski definition) is 4. The Morgan fingerprint density at radius 1 is 0.322 bits per heavy atom. The fraction of sp³-hybridized carbons (Fsp3) is 0. The van der Waals surface area contributed by atoms with E-state index in [4.69, 9.17) is 0 Å². The highest BCUT2D eigenvalue weighted by Crippen LogP contribution is 2.46. The van der Waals surface area contributed by atoms with Gasteiger partial charge in [-0.25, -0.2) is 0 Å². The molecule has 0 saturated heterocycles. The van der Waals surface area contributed by atoms with Crippen LogP contribution in [0.3, 0.4) is 0 Å². The lowest BCUT2D eigenvalue weighted by Gasteiger charge is -2.26. The Kier molecular flexibility index (Phi) is 7.25. The molecule has 4 aromatic heterocycles. The zero-order valence-electron chi connectivity index (χ0n) is 31.6. The van der Waals surface area contributed by atoms with Gasteiger partial charge in [-0.1, -0.05) is 103 Å². The van der Waals surface area contributed by atoms with Crippen molar-refractivity contribution in [2.45, 2.75) is 0 Å². The third-order valence-corrected chi connectivity index (χ3v) is 15.5. The van der Waals surface area contributed by atoms with Crippen molar-refractivity contribution in [1.29, 1.82) is 0 Å². The van der Waals surface area contributed by atoms with Gasteiger partial charge in [0.2, 0.25) is 0 Å². The van der Waals surface area contributed by atoms with Gasteiger partial charge in [-0.05, 0) is 102 Å². The van der Waals surface area contributed by atoms with Crippen LogP contribution in [0.1, 0.15) is 0 Å². The van der Waals surface area contributed by atoms with Crippen LogP contribution >= 0.6 is 34.0 Å². The minimum atomic E-state index is 1.12. The van der Waals surface area contributed by atoms with Crippen LogP contribution in [0, 0.1) is 0 Å². The van der Waals surface area contributed by atoms with Gasteiger partial charge in [-0.15, -0.1) is 34.0 Å². The van der Waals surface area contributed by atoms with E-state index in [0.717, 1.165) is 17.1 Å². The van der Waals surface area contributed by atoms with Crippen LogP contribution in [-0.4, -0.2) is 4.57 Å². The number of anilines is 3. The first-order chi connectivity index (χ1) is 29.2. The van der Waals surface area contributed by atoms with Crippen LogP contribution in [0.5, 0.6) is 0 Å². The van der Waals surface area contributed by atoms with Gasteiger partial charge >= 0.3 is 0 Å². The first kappa shape index (κ1) is 33.2. The smallest absolute Gasteiger partial charge is 0.0555 e. The molecule has 0 atom stereocenters. The van der Waals surface area contributed by atoms with Gasteiger partial charge in [-0.2, -0.15) is 0 Å². The molecule has 0 spiro atoms. The largest absolute Gasteiger partial charge is 0.310 e. The summed E-state index contributed by atoms with van der Waals surface area (Å²) in [7, 11) is 0. The van der Waals surface area contributed by atoms with Crippen LogP contribution in [0.25, 0.3) is 99.1 Å². The topological polar surface area (TPSA) is 8.17 Å². The van der Waals surface area contributed by atoms with Gasteiger partial charge in [0.25, 0.3) is 0 Å². The van der Waals surface area contributed by atoms with Gasteiger partial charge in [-0.3, -0.25) is 0 Å². The minimum absolute atomic E-state index is 1.12. The summed E-state index contributed by atoms with van der Waals surface area (Å²) in [5, 5.41) is 10.5. The summed E-state index contributed by atoms with van der Waals surface area (Å²) in [4.78, 5) is 2.42. The number of para-hydroxylation sites is 1. The molecule has 2 nitrogen and oxygen atoms in total. The summed E-state index contributed by atoms with van der Waals surface area (Å²) in [6, 6.07) is 71.9. The zero-order chi connectivity index (χ0) is 38.6. The van der Waals surface area contributed by atoms with Crippen molar-refractivity contribution in [3.05, 3.63) is 194 Å². The fourth-order valence-electron chi connectivity index (χ4n) is 9.27. The molecule has 0 fully saturated rings. The molecule has 0 aliphatic rings. The van der Waals surface area contributed by atoms with Crippen molar-refractivity contribution in [2.75, 3.05) is 4.90 Å². The molecule has 0 bridgehead atoms. The lowest BCUT2D eigenvalue weighted by Crippen LogP contribution is -2.09. The molecule has 0 aliphatic carbocycles. The van der Waals surface area contributed by atoms with E-state index in [1.165, 1.54) is 99.1 Å². The molecule has 276 valence electrons. The highest BCUT2D eigenvalue weighted by molar-refractivity contribution is 7.27. The van der Waals surface area contributed by atoms with E-state index in [1.807, 2.05) is 34.0 Å². The molecule has 4 heterocycles. The Morgan fingerprint density at radius 2 is 0.831 bits per heavy atom. The van der Waals surface area contributed by atoms with E-state index in [1.54, 1.807) is 0 Å². The Bertz CT molecular complexity index is 3680. The van der Waals surface area contributed by atoms with E-state index in [0.29, 0.717) is 0 Å². The van der Waals surface area contributed by atoms with Crippen LogP contribution in [0.2, 0.25) is 0 Å². The molecule has 0 unspecified atom stereocenters. The lowest BCUT2D eigenvalue weighted by molar-refractivity contribution is 1.18. The fourth-order valence-corrected chi connectivity index (χ4v) is 12.7. The molecule has 0 amide bonds. The summed E-state index contributed by atoms with van der Waals surface area (Å²) in [6.07, 6.45) is 0. The maximum absolute atomic E-state index is 2.45. The predicted molar refractivity (Wildman–Crippen MR) is 260 cm³/mol. The first-order valence-electron chi connectivity index (χ1n) is 19.9. The normalized spacial score (nSPS) is 12.1. The summed E-state index contributed by atoms with van der Waals surface area (Å²) in [5.41, 5.74) is 9.42. The van der Waals surface area contributed by atoms with E-state index in [-0.39, 0.29) is 0 Å². The summed E-state index contributed by atoms with van der Waals surface area (Å²) in [6.45, 7) is 0. The molecule has 5 heteroatoms. The predicted octanol–water partition coefficient (Wildman–Crippen LogP) is 17.0. The van der Waals surface area contributed by atoms with Crippen LogP contribution in [-0.2, 0) is 0 Å². The maximum atomic E-state index is 2.45. The molecule has 59 heavy (non-hydrogen) atoms. The number of hydrogen-bond donors (Lipinski definition) is 0. The van der Waals surface area contributed by atoms with E-state index in [9.17, 15) is 0 Å². The van der Waals surface area contributed by atoms with Gasteiger partial charge in [0, 0.05) is 94.0 Å². The number of fused-ring (bicyclic) bond motifs is 13. The first-order valence-corrected chi connectivity index (χ1v) is 22.4. The van der Waals surface area contributed by atoms with Gasteiger partial charge in [0.05, 0.1) is 11.0 Å². The SMILES string of the molecule is c1ccc(-n2c3cc(-c4ccc(N(c5ccc6sc7ccccc7c6c5)c5ccc6sc7ccccc7c6c5)cc4)ccc3c3c4sc5ccccc5c4ccc32)cc1. The Labute approximate surface area is 351 Å². The van der Waals surface area contributed by atoms with E-state index >= 15 is 0 Å². The van der Waals surface area contributed by atoms with E-state index < -0.39 is 0 Å². The van der Waals surface area contributed by atoms with Gasteiger partial charge in [0.1, 0.15) is 0 Å². The van der Waals surface area contributed by atoms with E-state index in [2.05, 4.69) is 204 Å². The number of aromatic nitrogens is 1. The van der Waals surface area contributed by atoms with Crippen molar-refractivity contribution >= 4 is 133 Å². The molecule has 0 aliphatic heterocycles. The maximum Gasteiger partial charge on any atom is 0.0555 e. The van der Waals surface area contributed by atoms with Crippen molar-refractivity contribution in [3.63, 3.8) is 0 Å². The number of benzene rings is 9. The van der Waals surface area contributed by atoms with Crippen LogP contribution < -0.4 is 4.90 Å². The van der Waals surface area contributed by atoms with Gasteiger partial charge < -0.3 is 9.47 Å². The molecule has 13 rings (SSSR count). The quantitative estimate of drug-likeness (QED) is 0.168. The molecule has 9 aromatic carbocycles. The highest BCUT2D eigenvalue weighted by Gasteiger charge is 2.20. The second kappa shape index (κ2) is 12.9. The molecule has 13 aromatic rings. The standard InChI is InChI=1S/C54H32N2S3/c1-2-10-35(11-3-1)56-46-27-26-42-39-12-4-9-17-50(39)59-54(42)53(46)43-25-20-34(30-47(43)56)33-18-21-36(22-19-33)55(37-23-28-51-44(31-37)40-13-5-7-15-48(40)57-51)38-24-29-52-45(32-38)41-14-6-8-16-49(41)58-52/h1-32H. The Morgan fingerprint density at radius 3 is 1.47 bits per heavy atom. The average molecular weight is 805 g/mol. The van der Waals surface area contributed by atoms with Crippen molar-refractivity contribution < 1.29 is 0 Å². The Balaban J connectivity index is 0.978. The second-order valence-corrected chi connectivity index (χ2v) is 18.5. The number of thiophene rings is 3. The number of rotatable bonds is 5. The molecular formula is C54H32N2S3. The summed E-state index contributed by atoms with van der Waals surface area (Å²) in [5.74, 6) is 0. The Hall–Kier alpha value is -6.76. The van der Waals surface area contributed by atoms with Gasteiger partial charge in [0.15, 0.2) is 0 Å². The second-order valence-electron chi connectivity index (χ2n) is 15.3. The highest BCUT2D eigenvalue weighted by atomic mass is 32.1. The molecule has 0 radical (unpaired) electrons. The molecular weight excluding hydrogens is 773 g/mol. The molecule has 0 saturated carbocycles. The lowest BCUT2D eigenvalue weighted by atomic mass is 10.0. The third-order valence-electron chi connectivity index (χ3n) is 12.0. The number of nitrogens with zero attached hydrogens (tertiary/aromatic N) is 2. The van der Waals surface area contributed by atoms with Crippen LogP contribution in [0.4, 0.5) is 17.1 Å². The van der Waals surface area contributed by atoms with Crippen LogP contribution in [0.15, 0.2) is 194 Å². The zero-order valence-corrected chi connectivity index (χ0v) is 34.0. The van der Waals surface area contributed by atoms with Crippen molar-refractivity contribution in [2.24, 2.45) is 0 Å². The average Bonchev–Trinajstić information content (AvgIpc) is 4.05. The molecule has 0 N–H and O–H groups in total. The minimum Gasteiger partial charge on any atom is -0.310 e. The van der Waals surface area contributed by atoms with Crippen molar-refractivity contribution in [3.8, 4) is 16.8 Å².